The highest BCUT2D eigenvalue weighted by molar-refractivity contribution is 5.93. The van der Waals surface area contributed by atoms with Crippen LogP contribution in [0.3, 0.4) is 0 Å². The lowest BCUT2D eigenvalue weighted by Crippen LogP contribution is -2.23. The maximum absolute atomic E-state index is 13.4. The zero-order valence-corrected chi connectivity index (χ0v) is 14.7. The Morgan fingerprint density at radius 2 is 2.00 bits per heavy atom. The van der Waals surface area contributed by atoms with Crippen LogP contribution in [0.25, 0.3) is 5.65 Å². The van der Waals surface area contributed by atoms with Gasteiger partial charge in [0.2, 0.25) is 0 Å². The van der Waals surface area contributed by atoms with E-state index in [1.54, 1.807) is 11.7 Å². The first-order valence-electron chi connectivity index (χ1n) is 8.48. The highest BCUT2D eigenvalue weighted by atomic mass is 19.4. The second kappa shape index (κ2) is 6.07. The molecule has 7 nitrogen and oxygen atoms in total. The van der Waals surface area contributed by atoms with E-state index in [4.69, 9.17) is 0 Å². The topological polar surface area (TPSA) is 77.1 Å². The molecule has 0 atom stereocenters. The van der Waals surface area contributed by atoms with Gasteiger partial charge in [-0.1, -0.05) is 0 Å². The number of fused-ring (bicyclic) bond motifs is 1. The Morgan fingerprint density at radius 1 is 1.26 bits per heavy atom. The lowest BCUT2D eigenvalue weighted by atomic mass is 10.2. The molecular formula is C17H17F3N6O. The lowest BCUT2D eigenvalue weighted by Gasteiger charge is -2.10. The molecule has 0 radical (unpaired) electrons. The van der Waals surface area contributed by atoms with Crippen LogP contribution in [0.1, 0.15) is 52.0 Å². The predicted octanol–water partition coefficient (Wildman–Crippen LogP) is 2.60. The molecule has 0 spiro atoms. The van der Waals surface area contributed by atoms with Crippen LogP contribution in [-0.4, -0.2) is 30.3 Å². The quantitative estimate of drug-likeness (QED) is 0.757. The summed E-state index contributed by atoms with van der Waals surface area (Å²) in [5.41, 5.74) is 0.953. The van der Waals surface area contributed by atoms with Crippen molar-refractivity contribution in [2.45, 2.75) is 38.4 Å². The fourth-order valence-corrected chi connectivity index (χ4v) is 2.88. The largest absolute Gasteiger partial charge is 0.433 e. The first kappa shape index (κ1) is 17.5. The minimum Gasteiger partial charge on any atom is -0.345 e. The van der Waals surface area contributed by atoms with Gasteiger partial charge in [-0.15, -0.1) is 0 Å². The van der Waals surface area contributed by atoms with E-state index >= 15 is 0 Å². The van der Waals surface area contributed by atoms with Crippen molar-refractivity contribution in [2.75, 3.05) is 0 Å². The molecule has 1 N–H and O–H groups in total. The van der Waals surface area contributed by atoms with Gasteiger partial charge in [0.05, 0.1) is 12.2 Å². The Balaban J connectivity index is 1.62. The van der Waals surface area contributed by atoms with Gasteiger partial charge in [0.25, 0.3) is 5.91 Å². The van der Waals surface area contributed by atoms with Crippen LogP contribution in [0.15, 0.2) is 18.2 Å². The number of aryl methyl sites for hydroxylation is 2. The summed E-state index contributed by atoms with van der Waals surface area (Å²) < 4.78 is 42.6. The van der Waals surface area contributed by atoms with Crippen LogP contribution < -0.4 is 5.32 Å². The molecule has 3 aromatic rings. The first-order chi connectivity index (χ1) is 12.7. The van der Waals surface area contributed by atoms with Crippen LogP contribution >= 0.6 is 0 Å². The fraction of sp³-hybridized carbons (Fsp3) is 0.412. The number of nitrogens with zero attached hydrogens (tertiary/aromatic N) is 5. The monoisotopic (exact) mass is 378 g/mol. The third-order valence-corrected chi connectivity index (χ3v) is 4.56. The normalized spacial score (nSPS) is 14.7. The number of hydrogen-bond donors (Lipinski definition) is 1. The highest BCUT2D eigenvalue weighted by Gasteiger charge is 2.37. The molecule has 1 saturated carbocycles. The second-order valence-electron chi connectivity index (χ2n) is 6.72. The van der Waals surface area contributed by atoms with Crippen LogP contribution in [0.5, 0.6) is 0 Å². The van der Waals surface area contributed by atoms with E-state index in [-0.39, 0.29) is 23.8 Å². The highest BCUT2D eigenvalue weighted by Crippen LogP contribution is 2.41. The summed E-state index contributed by atoms with van der Waals surface area (Å²) in [6.45, 7) is 2.03. The number of alkyl halides is 3. The van der Waals surface area contributed by atoms with Crippen molar-refractivity contribution in [3.63, 3.8) is 0 Å². The number of aromatic nitrogens is 5. The van der Waals surface area contributed by atoms with Crippen LogP contribution in [0.2, 0.25) is 0 Å². The number of nitrogens with one attached hydrogen (secondary N) is 1. The summed E-state index contributed by atoms with van der Waals surface area (Å²) in [5.74, 6) is -0.527. The molecule has 4 rings (SSSR count). The van der Waals surface area contributed by atoms with Crippen LogP contribution in [0, 0.1) is 6.92 Å². The Hall–Kier alpha value is -2.91. The van der Waals surface area contributed by atoms with E-state index in [1.165, 1.54) is 6.07 Å². The number of halogens is 3. The lowest BCUT2D eigenvalue weighted by molar-refractivity contribution is -0.142. The Labute approximate surface area is 152 Å². The maximum Gasteiger partial charge on any atom is 0.433 e. The molecule has 1 aliphatic rings. The molecule has 0 aliphatic heterocycles. The molecule has 27 heavy (non-hydrogen) atoms. The van der Waals surface area contributed by atoms with E-state index in [1.807, 2.05) is 13.0 Å². The van der Waals surface area contributed by atoms with Gasteiger partial charge in [0.15, 0.2) is 11.3 Å². The van der Waals surface area contributed by atoms with Gasteiger partial charge >= 0.3 is 6.18 Å². The molecule has 0 bridgehead atoms. The molecule has 10 heteroatoms. The summed E-state index contributed by atoms with van der Waals surface area (Å²) in [7, 11) is 1.78. The summed E-state index contributed by atoms with van der Waals surface area (Å²) in [6.07, 6.45) is -2.94. The zero-order chi connectivity index (χ0) is 19.3. The van der Waals surface area contributed by atoms with Gasteiger partial charge in [-0.3, -0.25) is 9.48 Å². The summed E-state index contributed by atoms with van der Waals surface area (Å²) in [6, 6.07) is 4.12. The standard InChI is InChI=1S/C17H17F3N6O/c1-9-5-11(23-25(9)2)8-21-16(27)13-7-15-22-12(10-3-4-10)6-14(17(18,19)20)26(15)24-13/h5-7,10H,3-4,8H2,1-2H3,(H,21,27). The van der Waals surface area contributed by atoms with Crippen LogP contribution in [-0.2, 0) is 19.8 Å². The second-order valence-corrected chi connectivity index (χ2v) is 6.72. The van der Waals surface area contributed by atoms with Crippen molar-refractivity contribution in [3.05, 3.63) is 46.7 Å². The summed E-state index contributed by atoms with van der Waals surface area (Å²) >= 11 is 0. The van der Waals surface area contributed by atoms with Gasteiger partial charge in [-0.2, -0.15) is 23.4 Å². The van der Waals surface area contributed by atoms with Gasteiger partial charge < -0.3 is 5.32 Å². The SMILES string of the molecule is Cc1cc(CNC(=O)c2cc3nc(C4CC4)cc(C(F)(F)F)n3n2)nn1C. The molecule has 3 aromatic heterocycles. The Bertz CT molecular complexity index is 1010. The molecule has 3 heterocycles. The summed E-state index contributed by atoms with van der Waals surface area (Å²) in [4.78, 5) is 16.6. The number of rotatable bonds is 4. The minimum absolute atomic E-state index is 0.0190. The van der Waals surface area contributed by atoms with Gasteiger partial charge in [0.1, 0.15) is 5.69 Å². The van der Waals surface area contributed by atoms with E-state index in [0.717, 1.165) is 24.6 Å². The third-order valence-electron chi connectivity index (χ3n) is 4.56. The predicted molar refractivity (Wildman–Crippen MR) is 89.1 cm³/mol. The van der Waals surface area contributed by atoms with Gasteiger partial charge in [-0.05, 0) is 31.9 Å². The molecule has 0 aromatic carbocycles. The number of carbonyl (C=O) groups excluding carboxylic acids is 1. The molecule has 1 aliphatic carbocycles. The van der Waals surface area contributed by atoms with Crippen LogP contribution in [0.4, 0.5) is 13.2 Å². The Kier molecular flexibility index (Phi) is 3.93. The zero-order valence-electron chi connectivity index (χ0n) is 14.7. The molecule has 1 fully saturated rings. The molecule has 0 unspecified atom stereocenters. The van der Waals surface area contributed by atoms with Gasteiger partial charge in [-0.25, -0.2) is 9.50 Å². The first-order valence-corrected chi connectivity index (χ1v) is 8.48. The van der Waals surface area contributed by atoms with Crippen molar-refractivity contribution >= 4 is 11.6 Å². The van der Waals surface area contributed by atoms with Crippen molar-refractivity contribution in [1.82, 2.24) is 29.7 Å². The smallest absolute Gasteiger partial charge is 0.345 e. The van der Waals surface area contributed by atoms with E-state index < -0.39 is 17.8 Å². The van der Waals surface area contributed by atoms with Crippen molar-refractivity contribution in [3.8, 4) is 0 Å². The average molecular weight is 378 g/mol. The van der Waals surface area contributed by atoms with Crippen molar-refractivity contribution in [1.29, 1.82) is 0 Å². The van der Waals surface area contributed by atoms with Crippen molar-refractivity contribution in [2.24, 2.45) is 7.05 Å². The van der Waals surface area contributed by atoms with E-state index in [9.17, 15) is 18.0 Å². The summed E-state index contributed by atoms with van der Waals surface area (Å²) in [5, 5.41) is 10.7. The van der Waals surface area contributed by atoms with Crippen molar-refractivity contribution < 1.29 is 18.0 Å². The molecular weight excluding hydrogens is 361 g/mol. The van der Waals surface area contributed by atoms with E-state index in [0.29, 0.717) is 15.9 Å². The van der Waals surface area contributed by atoms with Gasteiger partial charge in [0, 0.05) is 30.4 Å². The fourth-order valence-electron chi connectivity index (χ4n) is 2.88. The molecule has 142 valence electrons. The Morgan fingerprint density at radius 3 is 2.59 bits per heavy atom. The number of carbonyl (C=O) groups is 1. The average Bonchev–Trinajstić information content (AvgIpc) is 3.27. The van der Waals surface area contributed by atoms with E-state index in [2.05, 4.69) is 20.5 Å². The molecule has 0 saturated heterocycles. The third kappa shape index (κ3) is 3.38. The maximum atomic E-state index is 13.4. The number of hydrogen-bond acceptors (Lipinski definition) is 4. The molecule has 1 amide bonds. The minimum atomic E-state index is -4.59. The number of amides is 1.